The van der Waals surface area contributed by atoms with Crippen LogP contribution in [-0.4, -0.2) is 85.3 Å². The molecular weight excluding hydrogens is 582 g/mol. The van der Waals surface area contributed by atoms with E-state index in [4.69, 9.17) is 20.4 Å². The number of nitrogens with two attached hydrogens (primary N) is 1. The molecule has 3 atom stereocenters. The van der Waals surface area contributed by atoms with Crippen molar-refractivity contribution in [3.05, 3.63) is 42.1 Å². The highest BCUT2D eigenvalue weighted by Gasteiger charge is 2.47. The summed E-state index contributed by atoms with van der Waals surface area (Å²) in [6.07, 6.45) is 6.81. The van der Waals surface area contributed by atoms with Gasteiger partial charge in [-0.3, -0.25) is 9.59 Å². The fraction of sp³-hybridized carbons (Fsp3) is 0.514. The van der Waals surface area contributed by atoms with Crippen molar-refractivity contribution in [2.75, 3.05) is 26.7 Å². The Morgan fingerprint density at radius 2 is 1.78 bits per heavy atom. The highest BCUT2D eigenvalue weighted by molar-refractivity contribution is 6.00. The molecule has 8 rings (SSSR count). The number of likely N-dealkylation sites (tertiary alicyclic amines) is 2. The van der Waals surface area contributed by atoms with Crippen LogP contribution in [0.4, 0.5) is 0 Å². The number of ketones is 1. The van der Waals surface area contributed by atoms with Gasteiger partial charge in [0.15, 0.2) is 5.82 Å². The van der Waals surface area contributed by atoms with Crippen molar-refractivity contribution in [1.82, 2.24) is 28.9 Å². The quantitative estimate of drug-likeness (QED) is 0.284. The Hall–Kier alpha value is -4.25. The summed E-state index contributed by atoms with van der Waals surface area (Å²) >= 11 is 0. The molecule has 3 aromatic heterocycles. The summed E-state index contributed by atoms with van der Waals surface area (Å²) in [5.74, 6) is 2.63. The summed E-state index contributed by atoms with van der Waals surface area (Å²) in [5, 5.41) is 1.06. The molecule has 4 fully saturated rings. The third-order valence-corrected chi connectivity index (χ3v) is 10.7. The van der Waals surface area contributed by atoms with Crippen LogP contribution < -0.4 is 10.5 Å². The largest absolute Gasteiger partial charge is 0.494 e. The van der Waals surface area contributed by atoms with Crippen LogP contribution in [0.3, 0.4) is 0 Å². The standard InChI is InChI=1S/C35H41N7O4/c1-20(43)5-10-30(44)39-15-22(16-39)18-42-32-26(12-25(14-29(32)46-2)35(45)41-19-24-8-9-27(41)31(24)36)38-34(42)28-13-23-4-3-11-37-33(23)40(28)17-21-6-7-21/h3-4,11-14,21-22,24,27,31H,5-10,15-19,36H2,1-2H3/t24?,27?,31-/m1/s1. The number of aromatic nitrogens is 4. The predicted octanol–water partition coefficient (Wildman–Crippen LogP) is 3.86. The zero-order chi connectivity index (χ0) is 31.7. The van der Waals surface area contributed by atoms with Crippen molar-refractivity contribution in [3.63, 3.8) is 0 Å². The topological polar surface area (TPSA) is 129 Å². The van der Waals surface area contributed by atoms with Gasteiger partial charge in [0.25, 0.3) is 5.91 Å². The lowest BCUT2D eigenvalue weighted by Gasteiger charge is -2.40. The molecule has 0 radical (unpaired) electrons. The van der Waals surface area contributed by atoms with E-state index in [1.54, 1.807) is 7.11 Å². The Morgan fingerprint density at radius 1 is 0.978 bits per heavy atom. The van der Waals surface area contributed by atoms with Crippen LogP contribution in [-0.2, 0) is 22.7 Å². The van der Waals surface area contributed by atoms with E-state index < -0.39 is 0 Å². The average Bonchev–Trinajstić information content (AvgIpc) is 3.39. The maximum atomic E-state index is 13.9. The van der Waals surface area contributed by atoms with Crippen molar-refractivity contribution >= 4 is 39.7 Å². The van der Waals surface area contributed by atoms with Gasteiger partial charge in [-0.2, -0.15) is 0 Å². The molecule has 5 heterocycles. The molecule has 0 spiro atoms. The van der Waals surface area contributed by atoms with Gasteiger partial charge in [-0.15, -0.1) is 0 Å². The van der Waals surface area contributed by atoms with Gasteiger partial charge in [-0.1, -0.05) is 0 Å². The van der Waals surface area contributed by atoms with Crippen LogP contribution in [0.1, 0.15) is 55.8 Å². The smallest absolute Gasteiger partial charge is 0.254 e. The summed E-state index contributed by atoms with van der Waals surface area (Å²) in [6, 6.07) is 10.1. The van der Waals surface area contributed by atoms with E-state index in [1.807, 2.05) is 34.2 Å². The summed E-state index contributed by atoms with van der Waals surface area (Å²) in [5.41, 5.74) is 10.5. The molecule has 2 aliphatic carbocycles. The zero-order valence-corrected chi connectivity index (χ0v) is 26.5. The first-order valence-corrected chi connectivity index (χ1v) is 16.7. The van der Waals surface area contributed by atoms with Gasteiger partial charge in [0.1, 0.15) is 22.7 Å². The average molecular weight is 624 g/mol. The van der Waals surface area contributed by atoms with Gasteiger partial charge >= 0.3 is 0 Å². The molecule has 2 saturated carbocycles. The maximum Gasteiger partial charge on any atom is 0.254 e. The van der Waals surface area contributed by atoms with Gasteiger partial charge in [0, 0.05) is 80.7 Å². The maximum absolute atomic E-state index is 13.9. The fourth-order valence-corrected chi connectivity index (χ4v) is 7.93. The summed E-state index contributed by atoms with van der Waals surface area (Å²) < 4.78 is 10.5. The number of carbonyl (C=O) groups is 3. The highest BCUT2D eigenvalue weighted by Crippen LogP contribution is 2.41. The van der Waals surface area contributed by atoms with E-state index in [9.17, 15) is 14.4 Å². The van der Waals surface area contributed by atoms with Crippen LogP contribution in [0.2, 0.25) is 0 Å². The molecule has 2 N–H and O–H groups in total. The summed E-state index contributed by atoms with van der Waals surface area (Å²) in [7, 11) is 1.64. The van der Waals surface area contributed by atoms with Crippen LogP contribution in [0, 0.1) is 17.8 Å². The monoisotopic (exact) mass is 623 g/mol. The Morgan fingerprint density at radius 3 is 2.48 bits per heavy atom. The van der Waals surface area contributed by atoms with Crippen molar-refractivity contribution < 1.29 is 19.1 Å². The predicted molar refractivity (Wildman–Crippen MR) is 173 cm³/mol. The number of piperidine rings is 1. The number of pyridine rings is 1. The molecule has 2 aliphatic heterocycles. The molecule has 4 aliphatic rings. The second-order valence-electron chi connectivity index (χ2n) is 13.9. The van der Waals surface area contributed by atoms with Crippen LogP contribution in [0.15, 0.2) is 36.5 Å². The van der Waals surface area contributed by atoms with Crippen molar-refractivity contribution in [2.45, 2.75) is 70.6 Å². The number of imidazole rings is 1. The zero-order valence-electron chi connectivity index (χ0n) is 26.5. The highest BCUT2D eigenvalue weighted by atomic mass is 16.5. The summed E-state index contributed by atoms with van der Waals surface area (Å²) in [4.78, 5) is 51.8. The van der Waals surface area contributed by atoms with Crippen molar-refractivity contribution in [1.29, 1.82) is 0 Å². The lowest BCUT2D eigenvalue weighted by molar-refractivity contribution is -0.139. The molecule has 2 saturated heterocycles. The Bertz CT molecular complexity index is 1870. The van der Waals surface area contributed by atoms with Gasteiger partial charge in [-0.05, 0) is 74.8 Å². The number of carbonyl (C=O) groups excluding carboxylic acids is 3. The van der Waals surface area contributed by atoms with Crippen LogP contribution >= 0.6 is 0 Å². The van der Waals surface area contributed by atoms with E-state index in [0.29, 0.717) is 54.8 Å². The fourth-order valence-electron chi connectivity index (χ4n) is 7.93. The number of fused-ring (bicyclic) bond motifs is 4. The molecule has 2 unspecified atom stereocenters. The first-order valence-electron chi connectivity index (χ1n) is 16.7. The number of amides is 2. The molecule has 46 heavy (non-hydrogen) atoms. The van der Waals surface area contributed by atoms with Crippen molar-refractivity contribution in [2.24, 2.45) is 23.5 Å². The third kappa shape index (κ3) is 4.96. The first kappa shape index (κ1) is 29.2. The molecule has 2 amide bonds. The number of Topliss-reactive ketones (excluding diaryl/α,β-unsaturated/α-hetero) is 1. The van der Waals surface area contributed by atoms with Crippen LogP contribution in [0.5, 0.6) is 5.75 Å². The number of benzene rings is 1. The molecule has 11 heteroatoms. The Kier molecular flexibility index (Phi) is 7.12. The van der Waals surface area contributed by atoms with E-state index in [1.165, 1.54) is 19.8 Å². The molecule has 1 aromatic carbocycles. The SMILES string of the molecule is COc1cc(C(=O)N2CC3CCC2[C@@H]3N)cc2nc(-c3cc4cccnc4n3CC3CC3)n(CC3CN(C(=O)CCC(C)=O)C3)c12. The van der Waals surface area contributed by atoms with Gasteiger partial charge in [0.2, 0.25) is 5.91 Å². The van der Waals surface area contributed by atoms with Crippen molar-refractivity contribution in [3.8, 4) is 17.3 Å². The van der Waals surface area contributed by atoms with Crippen LogP contribution in [0.25, 0.3) is 33.6 Å². The lowest BCUT2D eigenvalue weighted by Crippen LogP contribution is -2.51. The second-order valence-corrected chi connectivity index (χ2v) is 13.9. The van der Waals surface area contributed by atoms with E-state index in [0.717, 1.165) is 47.5 Å². The molecule has 2 bridgehead atoms. The molecule has 240 valence electrons. The van der Waals surface area contributed by atoms with Gasteiger partial charge in [0.05, 0.1) is 18.3 Å². The van der Waals surface area contributed by atoms with E-state index >= 15 is 0 Å². The number of rotatable bonds is 10. The number of hydrogen-bond acceptors (Lipinski definition) is 7. The first-order chi connectivity index (χ1) is 22.3. The third-order valence-electron chi connectivity index (χ3n) is 10.7. The lowest BCUT2D eigenvalue weighted by atomic mass is 9.98. The minimum absolute atomic E-state index is 0.0221. The normalized spacial score (nSPS) is 22.6. The molecular formula is C35H41N7O4. The van der Waals surface area contributed by atoms with E-state index in [-0.39, 0.29) is 48.4 Å². The number of ether oxygens (including phenoxy) is 1. The van der Waals surface area contributed by atoms with Gasteiger partial charge in [-0.25, -0.2) is 9.97 Å². The van der Waals surface area contributed by atoms with E-state index in [2.05, 4.69) is 21.3 Å². The minimum Gasteiger partial charge on any atom is -0.494 e. The minimum atomic E-state index is -0.0234. The Balaban J connectivity index is 1.20. The number of hydrogen-bond donors (Lipinski definition) is 1. The summed E-state index contributed by atoms with van der Waals surface area (Å²) in [6.45, 7) is 4.97. The van der Waals surface area contributed by atoms with Gasteiger partial charge < -0.3 is 34.2 Å². The Labute approximate surface area is 267 Å². The second kappa shape index (κ2) is 11.2. The number of methoxy groups -OCH3 is 1. The number of nitrogens with zero attached hydrogens (tertiary/aromatic N) is 6. The molecule has 4 aromatic rings. The molecule has 11 nitrogen and oxygen atoms in total.